The van der Waals surface area contributed by atoms with Crippen molar-refractivity contribution in [1.29, 1.82) is 0 Å². The SMILES string of the molecule is O=C1N(CCO)CCC[C@]12CCN(Cc1cccc(N3CCOCC3)c1)C2. The summed E-state index contributed by atoms with van der Waals surface area (Å²) >= 11 is 0. The summed E-state index contributed by atoms with van der Waals surface area (Å²) in [7, 11) is 0. The van der Waals surface area contributed by atoms with Crippen LogP contribution in [-0.4, -0.2) is 79.9 Å². The van der Waals surface area contributed by atoms with Gasteiger partial charge in [-0.05, 0) is 43.5 Å². The third kappa shape index (κ3) is 3.98. The van der Waals surface area contributed by atoms with Crippen molar-refractivity contribution in [1.82, 2.24) is 9.80 Å². The Balaban J connectivity index is 1.40. The molecule has 0 bridgehead atoms. The van der Waals surface area contributed by atoms with Crippen molar-refractivity contribution >= 4 is 11.6 Å². The fourth-order valence-corrected chi connectivity index (χ4v) is 4.89. The molecule has 0 radical (unpaired) electrons. The zero-order valence-corrected chi connectivity index (χ0v) is 16.1. The van der Waals surface area contributed by atoms with Crippen LogP contribution in [0.3, 0.4) is 0 Å². The molecule has 3 aliphatic rings. The van der Waals surface area contributed by atoms with Crippen LogP contribution in [0.25, 0.3) is 0 Å². The van der Waals surface area contributed by atoms with Gasteiger partial charge in [0, 0.05) is 45.0 Å². The predicted molar refractivity (Wildman–Crippen MR) is 105 cm³/mol. The number of benzene rings is 1. The Hall–Kier alpha value is -1.63. The van der Waals surface area contributed by atoms with Crippen LogP contribution >= 0.6 is 0 Å². The first-order valence-electron chi connectivity index (χ1n) is 10.2. The van der Waals surface area contributed by atoms with E-state index in [9.17, 15) is 9.90 Å². The number of amides is 1. The van der Waals surface area contributed by atoms with Crippen LogP contribution in [0, 0.1) is 5.41 Å². The minimum atomic E-state index is -0.227. The van der Waals surface area contributed by atoms with Crippen molar-refractivity contribution in [2.45, 2.75) is 25.8 Å². The van der Waals surface area contributed by atoms with E-state index < -0.39 is 0 Å². The number of hydrogen-bond acceptors (Lipinski definition) is 5. The lowest BCUT2D eigenvalue weighted by Gasteiger charge is -2.39. The fourth-order valence-electron chi connectivity index (χ4n) is 4.89. The van der Waals surface area contributed by atoms with E-state index in [0.717, 1.165) is 71.7 Å². The first-order chi connectivity index (χ1) is 13.2. The maximum absolute atomic E-state index is 13.0. The monoisotopic (exact) mass is 373 g/mol. The van der Waals surface area contributed by atoms with E-state index >= 15 is 0 Å². The molecular formula is C21H31N3O3. The van der Waals surface area contributed by atoms with Gasteiger partial charge < -0.3 is 19.6 Å². The highest BCUT2D eigenvalue weighted by atomic mass is 16.5. The van der Waals surface area contributed by atoms with Gasteiger partial charge in [0.05, 0.1) is 25.2 Å². The summed E-state index contributed by atoms with van der Waals surface area (Å²) in [4.78, 5) is 19.6. The number of likely N-dealkylation sites (tertiary alicyclic amines) is 2. The summed E-state index contributed by atoms with van der Waals surface area (Å²) in [6.45, 7) is 7.53. The maximum Gasteiger partial charge on any atom is 0.230 e. The number of carbonyl (C=O) groups is 1. The number of anilines is 1. The molecule has 1 spiro atoms. The Labute approximate surface area is 161 Å². The minimum Gasteiger partial charge on any atom is -0.395 e. The average Bonchev–Trinajstić information content (AvgIpc) is 3.10. The molecule has 0 aromatic heterocycles. The lowest BCUT2D eigenvalue weighted by Crippen LogP contribution is -2.50. The molecule has 1 N–H and O–H groups in total. The minimum absolute atomic E-state index is 0.0554. The third-order valence-corrected chi connectivity index (χ3v) is 6.32. The summed E-state index contributed by atoms with van der Waals surface area (Å²) in [5.41, 5.74) is 2.36. The first kappa shape index (κ1) is 18.7. The fraction of sp³-hybridized carbons (Fsp3) is 0.667. The highest BCUT2D eigenvalue weighted by Gasteiger charge is 2.47. The molecule has 148 valence electrons. The van der Waals surface area contributed by atoms with E-state index in [-0.39, 0.29) is 17.9 Å². The van der Waals surface area contributed by atoms with Crippen molar-refractivity contribution < 1.29 is 14.6 Å². The molecule has 27 heavy (non-hydrogen) atoms. The summed E-state index contributed by atoms with van der Waals surface area (Å²) < 4.78 is 5.46. The number of ether oxygens (including phenoxy) is 1. The van der Waals surface area contributed by atoms with E-state index in [2.05, 4.69) is 34.1 Å². The molecular weight excluding hydrogens is 342 g/mol. The number of aliphatic hydroxyl groups excluding tert-OH is 1. The van der Waals surface area contributed by atoms with E-state index in [1.165, 1.54) is 11.3 Å². The molecule has 0 saturated carbocycles. The molecule has 1 aromatic carbocycles. The van der Waals surface area contributed by atoms with Gasteiger partial charge in [-0.2, -0.15) is 0 Å². The average molecular weight is 373 g/mol. The molecule has 6 heteroatoms. The summed E-state index contributed by atoms with van der Waals surface area (Å²) in [6.07, 6.45) is 2.97. The first-order valence-corrected chi connectivity index (χ1v) is 10.2. The van der Waals surface area contributed by atoms with Crippen LogP contribution in [0.1, 0.15) is 24.8 Å². The third-order valence-electron chi connectivity index (χ3n) is 6.32. The van der Waals surface area contributed by atoms with E-state index in [1.54, 1.807) is 0 Å². The van der Waals surface area contributed by atoms with Gasteiger partial charge in [-0.1, -0.05) is 12.1 Å². The second-order valence-corrected chi connectivity index (χ2v) is 8.13. The second-order valence-electron chi connectivity index (χ2n) is 8.13. The van der Waals surface area contributed by atoms with Crippen molar-refractivity contribution in [3.63, 3.8) is 0 Å². The number of aliphatic hydroxyl groups is 1. The summed E-state index contributed by atoms with van der Waals surface area (Å²) in [5, 5.41) is 9.23. The Morgan fingerprint density at radius 3 is 2.78 bits per heavy atom. The van der Waals surface area contributed by atoms with Gasteiger partial charge in [0.1, 0.15) is 0 Å². The van der Waals surface area contributed by atoms with Gasteiger partial charge in [0.15, 0.2) is 0 Å². The molecule has 4 rings (SSSR count). The molecule has 0 aliphatic carbocycles. The molecule has 6 nitrogen and oxygen atoms in total. The van der Waals surface area contributed by atoms with Gasteiger partial charge >= 0.3 is 0 Å². The van der Waals surface area contributed by atoms with Gasteiger partial charge in [0.2, 0.25) is 5.91 Å². The van der Waals surface area contributed by atoms with Crippen LogP contribution in [0.5, 0.6) is 0 Å². The highest BCUT2D eigenvalue weighted by Crippen LogP contribution is 2.40. The zero-order valence-electron chi connectivity index (χ0n) is 16.1. The van der Waals surface area contributed by atoms with E-state index in [0.29, 0.717) is 6.54 Å². The van der Waals surface area contributed by atoms with Gasteiger partial charge in [-0.15, -0.1) is 0 Å². The van der Waals surface area contributed by atoms with Crippen molar-refractivity contribution in [2.24, 2.45) is 5.41 Å². The molecule has 1 amide bonds. The van der Waals surface area contributed by atoms with Gasteiger partial charge in [0.25, 0.3) is 0 Å². The zero-order chi connectivity index (χ0) is 18.7. The van der Waals surface area contributed by atoms with Crippen LogP contribution in [-0.2, 0) is 16.1 Å². The molecule has 1 atom stereocenters. The van der Waals surface area contributed by atoms with Crippen molar-refractivity contribution in [3.8, 4) is 0 Å². The van der Waals surface area contributed by atoms with E-state index in [4.69, 9.17) is 4.74 Å². The molecule has 3 heterocycles. The Morgan fingerprint density at radius 2 is 1.96 bits per heavy atom. The normalized spacial score (nSPS) is 26.9. The topological polar surface area (TPSA) is 56.3 Å². The Bertz CT molecular complexity index is 660. The molecule has 3 saturated heterocycles. The summed E-state index contributed by atoms with van der Waals surface area (Å²) in [6, 6.07) is 8.80. The van der Waals surface area contributed by atoms with E-state index in [1.807, 2.05) is 4.90 Å². The lowest BCUT2D eigenvalue weighted by atomic mass is 9.78. The number of carbonyl (C=O) groups excluding carboxylic acids is 1. The Morgan fingerprint density at radius 1 is 1.11 bits per heavy atom. The Kier molecular flexibility index (Phi) is 5.66. The molecule has 3 aliphatic heterocycles. The standard InChI is InChI=1S/C21H31N3O3/c25-12-9-24-7-2-5-21(20(24)26)6-8-22(17-21)16-18-3-1-4-19(15-18)23-10-13-27-14-11-23/h1,3-4,15,25H,2,5-14,16-17H2/t21-/m1/s1. The number of β-amino-alcohol motifs (C(OH)–C–C–N with tert-alkyl or cyclic N) is 1. The number of hydrogen-bond donors (Lipinski definition) is 1. The summed E-state index contributed by atoms with van der Waals surface area (Å²) in [5.74, 6) is 0.257. The quantitative estimate of drug-likeness (QED) is 0.844. The van der Waals surface area contributed by atoms with Gasteiger partial charge in [-0.25, -0.2) is 0 Å². The number of morpholine rings is 1. The molecule has 3 fully saturated rings. The van der Waals surface area contributed by atoms with Crippen molar-refractivity contribution in [2.75, 3.05) is 64.0 Å². The second kappa shape index (κ2) is 8.17. The largest absolute Gasteiger partial charge is 0.395 e. The number of rotatable bonds is 5. The maximum atomic E-state index is 13.0. The number of nitrogens with zero attached hydrogens (tertiary/aromatic N) is 3. The van der Waals surface area contributed by atoms with Crippen LogP contribution < -0.4 is 4.90 Å². The van der Waals surface area contributed by atoms with Crippen LogP contribution in [0.15, 0.2) is 24.3 Å². The lowest BCUT2D eigenvalue weighted by molar-refractivity contribution is -0.146. The van der Waals surface area contributed by atoms with Gasteiger partial charge in [-0.3, -0.25) is 9.69 Å². The van der Waals surface area contributed by atoms with Crippen LogP contribution in [0.4, 0.5) is 5.69 Å². The highest BCUT2D eigenvalue weighted by molar-refractivity contribution is 5.84. The smallest absolute Gasteiger partial charge is 0.230 e. The predicted octanol–water partition coefficient (Wildman–Crippen LogP) is 1.33. The van der Waals surface area contributed by atoms with Crippen molar-refractivity contribution in [3.05, 3.63) is 29.8 Å². The molecule has 0 unspecified atom stereocenters. The van der Waals surface area contributed by atoms with Crippen LogP contribution in [0.2, 0.25) is 0 Å². The molecule has 1 aromatic rings. The number of piperidine rings is 1.